The maximum absolute atomic E-state index is 12.2. The molecule has 1 heterocycles. The Morgan fingerprint density at radius 1 is 1.37 bits per heavy atom. The van der Waals surface area contributed by atoms with Crippen molar-refractivity contribution in [2.75, 3.05) is 6.61 Å². The van der Waals surface area contributed by atoms with E-state index in [4.69, 9.17) is 4.74 Å². The number of hydrogen-bond donors (Lipinski definition) is 0. The van der Waals surface area contributed by atoms with Crippen LogP contribution >= 0.6 is 0 Å². The normalized spacial score (nSPS) is 12.1. The van der Waals surface area contributed by atoms with Crippen molar-refractivity contribution in [1.29, 1.82) is 0 Å². The van der Waals surface area contributed by atoms with E-state index in [2.05, 4.69) is 18.9 Å². The van der Waals surface area contributed by atoms with Crippen molar-refractivity contribution in [3.05, 3.63) is 18.0 Å². The second kappa shape index (κ2) is 6.85. The molecule has 1 rings (SSSR count). The van der Waals surface area contributed by atoms with Gasteiger partial charge in [-0.05, 0) is 39.7 Å². The molecule has 108 valence electrons. The molecule has 1 aromatic heterocycles. The summed E-state index contributed by atoms with van der Waals surface area (Å²) in [7, 11) is 0. The molecule has 19 heavy (non-hydrogen) atoms. The van der Waals surface area contributed by atoms with Gasteiger partial charge in [-0.15, -0.1) is 0 Å². The fourth-order valence-corrected chi connectivity index (χ4v) is 2.16. The quantitative estimate of drug-likeness (QED) is 0.726. The highest BCUT2D eigenvalue weighted by atomic mass is 16.5. The van der Waals surface area contributed by atoms with Gasteiger partial charge in [-0.25, -0.2) is 0 Å². The van der Waals surface area contributed by atoms with Crippen molar-refractivity contribution >= 4 is 5.78 Å². The molecule has 0 aromatic carbocycles. The smallest absolute Gasteiger partial charge is 0.170 e. The van der Waals surface area contributed by atoms with E-state index in [1.807, 2.05) is 37.7 Å². The van der Waals surface area contributed by atoms with Gasteiger partial charge in [-0.2, -0.15) is 5.10 Å². The fraction of sp³-hybridized carbons (Fsp3) is 0.733. The standard InChI is InChI=1S/C15H26N2O2/c1-6-13(7-2)17-10-9-12(16-17)11-14(18)15(4,5)19-8-3/h9-10,13H,6-8,11H2,1-5H3. The van der Waals surface area contributed by atoms with Crippen LogP contribution in [0.1, 0.15) is 59.2 Å². The SMILES string of the molecule is CCOC(C)(C)C(=O)Cc1ccn(C(CC)CC)n1. The summed E-state index contributed by atoms with van der Waals surface area (Å²) in [5.74, 6) is 0.0733. The zero-order valence-corrected chi connectivity index (χ0v) is 12.8. The van der Waals surface area contributed by atoms with Crippen LogP contribution in [0.15, 0.2) is 12.3 Å². The van der Waals surface area contributed by atoms with Crippen molar-refractivity contribution < 1.29 is 9.53 Å². The number of hydrogen-bond acceptors (Lipinski definition) is 3. The second-order valence-corrected chi connectivity index (χ2v) is 5.30. The van der Waals surface area contributed by atoms with Crippen LogP contribution < -0.4 is 0 Å². The average molecular weight is 266 g/mol. The third-order valence-electron chi connectivity index (χ3n) is 3.50. The Morgan fingerprint density at radius 2 is 2.00 bits per heavy atom. The number of carbonyl (C=O) groups is 1. The van der Waals surface area contributed by atoms with E-state index in [0.29, 0.717) is 19.1 Å². The van der Waals surface area contributed by atoms with Gasteiger partial charge in [-0.3, -0.25) is 9.48 Å². The number of nitrogens with zero attached hydrogens (tertiary/aromatic N) is 2. The molecule has 0 spiro atoms. The van der Waals surface area contributed by atoms with Crippen LogP contribution in [-0.4, -0.2) is 27.8 Å². The summed E-state index contributed by atoms with van der Waals surface area (Å²) >= 11 is 0. The molecular formula is C15H26N2O2. The number of ketones is 1. The Bertz CT molecular complexity index is 406. The Kier molecular flexibility index (Phi) is 5.73. The van der Waals surface area contributed by atoms with E-state index in [1.165, 1.54) is 0 Å². The first-order valence-electron chi connectivity index (χ1n) is 7.15. The van der Waals surface area contributed by atoms with Gasteiger partial charge in [0.15, 0.2) is 5.78 Å². The van der Waals surface area contributed by atoms with Crippen LogP contribution in [0.25, 0.3) is 0 Å². The summed E-state index contributed by atoms with van der Waals surface area (Å²) in [6, 6.07) is 2.35. The van der Waals surface area contributed by atoms with Gasteiger partial charge in [-0.1, -0.05) is 13.8 Å². The van der Waals surface area contributed by atoms with Gasteiger partial charge in [0, 0.05) is 12.8 Å². The molecular weight excluding hydrogens is 240 g/mol. The Morgan fingerprint density at radius 3 is 2.53 bits per heavy atom. The van der Waals surface area contributed by atoms with Gasteiger partial charge in [0.25, 0.3) is 0 Å². The number of ether oxygens (including phenoxy) is 1. The lowest BCUT2D eigenvalue weighted by Gasteiger charge is -2.22. The van der Waals surface area contributed by atoms with Crippen molar-refractivity contribution in [3.63, 3.8) is 0 Å². The molecule has 0 unspecified atom stereocenters. The van der Waals surface area contributed by atoms with Crippen molar-refractivity contribution in [1.82, 2.24) is 9.78 Å². The molecule has 0 aliphatic carbocycles. The molecule has 0 fully saturated rings. The topological polar surface area (TPSA) is 44.1 Å². The van der Waals surface area contributed by atoms with Crippen LogP contribution in [0.2, 0.25) is 0 Å². The van der Waals surface area contributed by atoms with Gasteiger partial charge in [0.05, 0.1) is 18.2 Å². The van der Waals surface area contributed by atoms with Gasteiger partial charge >= 0.3 is 0 Å². The summed E-state index contributed by atoms with van der Waals surface area (Å²) in [6.45, 7) is 10.4. The average Bonchev–Trinajstić information content (AvgIpc) is 2.79. The number of Topliss-reactive ketones (excluding diaryl/α,β-unsaturated/α-hetero) is 1. The summed E-state index contributed by atoms with van der Waals surface area (Å²) in [5.41, 5.74) is 0.0950. The maximum Gasteiger partial charge on any atom is 0.170 e. The van der Waals surface area contributed by atoms with Crippen LogP contribution in [0.3, 0.4) is 0 Å². The molecule has 0 bridgehead atoms. The molecule has 0 N–H and O–H groups in total. The van der Waals surface area contributed by atoms with E-state index in [9.17, 15) is 4.79 Å². The zero-order chi connectivity index (χ0) is 14.5. The highest BCUT2D eigenvalue weighted by molar-refractivity contribution is 5.88. The first kappa shape index (κ1) is 15.9. The molecule has 4 nitrogen and oxygen atoms in total. The lowest BCUT2D eigenvalue weighted by molar-refractivity contribution is -0.139. The third kappa shape index (κ3) is 4.16. The molecule has 0 atom stereocenters. The largest absolute Gasteiger partial charge is 0.368 e. The number of carbonyl (C=O) groups excluding carboxylic acids is 1. The minimum atomic E-state index is -0.729. The van der Waals surface area contributed by atoms with Crippen molar-refractivity contribution in [2.45, 2.75) is 65.5 Å². The molecule has 0 aliphatic rings. The van der Waals surface area contributed by atoms with E-state index >= 15 is 0 Å². The minimum Gasteiger partial charge on any atom is -0.368 e. The van der Waals surface area contributed by atoms with E-state index in [0.717, 1.165) is 18.5 Å². The third-order valence-corrected chi connectivity index (χ3v) is 3.50. The predicted molar refractivity (Wildman–Crippen MR) is 76.3 cm³/mol. The van der Waals surface area contributed by atoms with Gasteiger partial charge < -0.3 is 4.74 Å². The van der Waals surface area contributed by atoms with Crippen LogP contribution in [0.4, 0.5) is 0 Å². The summed E-state index contributed by atoms with van der Waals surface area (Å²) in [5, 5.41) is 4.51. The number of aromatic nitrogens is 2. The lowest BCUT2D eigenvalue weighted by Crippen LogP contribution is -2.36. The lowest BCUT2D eigenvalue weighted by atomic mass is 9.99. The molecule has 0 saturated heterocycles. The highest BCUT2D eigenvalue weighted by Crippen LogP contribution is 2.17. The Hall–Kier alpha value is -1.16. The van der Waals surface area contributed by atoms with E-state index < -0.39 is 5.60 Å². The zero-order valence-electron chi connectivity index (χ0n) is 12.8. The highest BCUT2D eigenvalue weighted by Gasteiger charge is 2.28. The first-order chi connectivity index (χ1) is 8.94. The molecule has 0 aliphatic heterocycles. The Labute approximate surface area is 116 Å². The fourth-order valence-electron chi connectivity index (χ4n) is 2.16. The predicted octanol–water partition coefficient (Wildman–Crippen LogP) is 3.17. The molecule has 4 heteroatoms. The molecule has 1 aromatic rings. The van der Waals surface area contributed by atoms with Crippen molar-refractivity contribution in [2.24, 2.45) is 0 Å². The van der Waals surface area contributed by atoms with Crippen LogP contribution in [0, 0.1) is 0 Å². The second-order valence-electron chi connectivity index (χ2n) is 5.30. The van der Waals surface area contributed by atoms with E-state index in [-0.39, 0.29) is 5.78 Å². The summed E-state index contributed by atoms with van der Waals surface area (Å²) in [4.78, 5) is 12.2. The molecule has 0 radical (unpaired) electrons. The van der Waals surface area contributed by atoms with E-state index in [1.54, 1.807) is 0 Å². The minimum absolute atomic E-state index is 0.0733. The monoisotopic (exact) mass is 266 g/mol. The van der Waals surface area contributed by atoms with Crippen molar-refractivity contribution in [3.8, 4) is 0 Å². The van der Waals surface area contributed by atoms with Crippen LogP contribution in [0.5, 0.6) is 0 Å². The van der Waals surface area contributed by atoms with Gasteiger partial charge in [0.2, 0.25) is 0 Å². The van der Waals surface area contributed by atoms with Crippen LogP contribution in [-0.2, 0) is 16.0 Å². The summed E-state index contributed by atoms with van der Waals surface area (Å²) < 4.78 is 7.44. The molecule has 0 saturated carbocycles. The van der Waals surface area contributed by atoms with Gasteiger partial charge in [0.1, 0.15) is 5.60 Å². The number of rotatable bonds is 8. The Balaban J connectivity index is 2.71. The molecule has 0 amide bonds. The first-order valence-corrected chi connectivity index (χ1v) is 7.15. The maximum atomic E-state index is 12.2. The summed E-state index contributed by atoms with van der Waals surface area (Å²) in [6.07, 6.45) is 4.40.